The van der Waals surface area contributed by atoms with Crippen molar-refractivity contribution in [2.24, 2.45) is 28.1 Å². The number of hydrogen-bond acceptors (Lipinski definition) is 23. The molecule has 4 heterocycles. The second kappa shape index (κ2) is 20.9. The molecule has 404 valence electrons. The molecule has 71 heavy (non-hydrogen) atoms. The van der Waals surface area contributed by atoms with Crippen molar-refractivity contribution in [2.45, 2.75) is 214 Å². The predicted molar refractivity (Wildman–Crippen MR) is 232 cm³/mol. The Bertz CT molecular complexity index is 1940. The van der Waals surface area contributed by atoms with Gasteiger partial charge in [-0.2, -0.15) is 0 Å². The Morgan fingerprint density at radius 1 is 0.690 bits per heavy atom. The van der Waals surface area contributed by atoms with Crippen LogP contribution in [-0.2, 0) is 57.0 Å². The van der Waals surface area contributed by atoms with Gasteiger partial charge in [0, 0.05) is 6.42 Å². The van der Waals surface area contributed by atoms with Crippen LogP contribution in [0.15, 0.2) is 12.2 Å². The normalized spacial score (nSPS) is 50.9. The third-order valence-corrected chi connectivity index (χ3v) is 17.4. The minimum Gasteiger partial charge on any atom is -0.481 e. The molecule has 1 spiro atoms. The van der Waals surface area contributed by atoms with Gasteiger partial charge in [-0.15, -0.1) is 0 Å². The molecule has 8 rings (SSSR count). The molecule has 4 saturated carbocycles. The van der Waals surface area contributed by atoms with E-state index >= 15 is 0 Å². The van der Waals surface area contributed by atoms with Gasteiger partial charge in [-0.3, -0.25) is 14.4 Å². The number of esters is 2. The fraction of sp³-hybridized carbons (Fsp3) is 0.894. The quantitative estimate of drug-likeness (QED) is 0.0356. The summed E-state index contributed by atoms with van der Waals surface area (Å²) in [6, 6.07) is 0. The summed E-state index contributed by atoms with van der Waals surface area (Å²) in [4.78, 5) is 37.3. The maximum Gasteiger partial charge on any atom is 0.317 e. The van der Waals surface area contributed by atoms with Crippen LogP contribution < -0.4 is 0 Å². The molecule has 25 atom stereocenters. The molecule has 8 fully saturated rings. The fourth-order valence-electron chi connectivity index (χ4n) is 13.7. The molecule has 0 aromatic rings. The highest BCUT2D eigenvalue weighted by molar-refractivity contribution is 5.90. The predicted octanol–water partition coefficient (Wildman–Crippen LogP) is -3.03. The second-order valence-electron chi connectivity index (χ2n) is 21.8. The van der Waals surface area contributed by atoms with Crippen molar-refractivity contribution in [3.8, 4) is 0 Å². The third kappa shape index (κ3) is 9.94. The van der Waals surface area contributed by atoms with E-state index in [1.54, 1.807) is 0 Å². The molecule has 0 amide bonds. The van der Waals surface area contributed by atoms with Crippen molar-refractivity contribution in [3.63, 3.8) is 0 Å². The van der Waals surface area contributed by atoms with Crippen LogP contribution in [0.25, 0.3) is 0 Å². The second-order valence-corrected chi connectivity index (χ2v) is 21.8. The maximum atomic E-state index is 14.5. The van der Waals surface area contributed by atoms with E-state index in [2.05, 4.69) is 13.5 Å². The number of carboxylic acid groups (broad SMARTS) is 1. The van der Waals surface area contributed by atoms with Gasteiger partial charge in [-0.25, -0.2) is 0 Å². The molecule has 4 aliphatic heterocycles. The topological polar surface area (TPSA) is 377 Å². The first-order chi connectivity index (χ1) is 33.4. The van der Waals surface area contributed by atoms with Gasteiger partial charge in [0.2, 0.25) is 6.29 Å². The molecule has 24 heteroatoms. The van der Waals surface area contributed by atoms with E-state index in [0.29, 0.717) is 51.4 Å². The molecule has 1 unspecified atom stereocenters. The van der Waals surface area contributed by atoms with Crippen LogP contribution in [0.1, 0.15) is 91.4 Å². The summed E-state index contributed by atoms with van der Waals surface area (Å²) in [7, 11) is 0. The summed E-state index contributed by atoms with van der Waals surface area (Å²) < 4.78 is 53.8. The van der Waals surface area contributed by atoms with Gasteiger partial charge in [-0.1, -0.05) is 19.9 Å². The number of carbonyl (C=O) groups is 3. The lowest BCUT2D eigenvalue weighted by atomic mass is 9.41. The highest BCUT2D eigenvalue weighted by Crippen LogP contribution is 2.74. The van der Waals surface area contributed by atoms with Gasteiger partial charge in [0.25, 0.3) is 0 Å². The van der Waals surface area contributed by atoms with Crippen LogP contribution in [0.4, 0.5) is 0 Å². The number of hydrogen-bond donors (Lipinski definition) is 12. The highest BCUT2D eigenvalue weighted by atomic mass is 16.8. The van der Waals surface area contributed by atoms with E-state index in [0.717, 1.165) is 12.0 Å². The summed E-state index contributed by atoms with van der Waals surface area (Å²) in [6.07, 6.45) is -26.3. The summed E-state index contributed by atoms with van der Waals surface area (Å²) in [5.74, 6) is -3.51. The number of aliphatic hydroxyl groups excluding tert-OH is 11. The largest absolute Gasteiger partial charge is 0.481 e. The third-order valence-electron chi connectivity index (χ3n) is 17.4. The fourth-order valence-corrected chi connectivity index (χ4v) is 13.7. The van der Waals surface area contributed by atoms with Gasteiger partial charge in [0.1, 0.15) is 86.3 Å². The van der Waals surface area contributed by atoms with Gasteiger partial charge < -0.3 is 104 Å². The van der Waals surface area contributed by atoms with E-state index in [-0.39, 0.29) is 18.3 Å². The number of rotatable bonds is 14. The number of carbonyl (C=O) groups excluding carboxylic acids is 2. The number of aliphatic hydroxyl groups is 11. The van der Waals surface area contributed by atoms with Crippen LogP contribution >= 0.6 is 0 Å². The first kappa shape index (κ1) is 54.7. The van der Waals surface area contributed by atoms with Crippen molar-refractivity contribution in [3.05, 3.63) is 12.2 Å². The lowest BCUT2D eigenvalue weighted by molar-refractivity contribution is -0.395. The van der Waals surface area contributed by atoms with Crippen molar-refractivity contribution in [1.82, 2.24) is 0 Å². The smallest absolute Gasteiger partial charge is 0.317 e. The number of fused-ring (bicyclic) bond motifs is 3. The van der Waals surface area contributed by atoms with Gasteiger partial charge in [-0.05, 0) is 93.5 Å². The molecular weight excluding hydrogens is 948 g/mol. The van der Waals surface area contributed by atoms with Crippen molar-refractivity contribution < 1.29 is 118 Å². The van der Waals surface area contributed by atoms with Crippen LogP contribution in [-0.4, -0.2) is 221 Å². The minimum absolute atomic E-state index is 0.00829. The molecular formula is C47H72O24. The minimum atomic E-state index is -1.87. The lowest BCUT2D eigenvalue weighted by Gasteiger charge is -2.64. The van der Waals surface area contributed by atoms with E-state index < -0.39 is 183 Å². The molecule has 0 aromatic carbocycles. The molecule has 0 radical (unpaired) electrons. The number of ether oxygens (including phenoxy) is 9. The van der Waals surface area contributed by atoms with Gasteiger partial charge in [0.15, 0.2) is 18.9 Å². The van der Waals surface area contributed by atoms with E-state index in [1.165, 1.54) is 6.92 Å². The number of carboxylic acids is 1. The Morgan fingerprint density at radius 2 is 1.34 bits per heavy atom. The number of aliphatic carboxylic acids is 1. The van der Waals surface area contributed by atoms with Gasteiger partial charge >= 0.3 is 17.9 Å². The van der Waals surface area contributed by atoms with E-state index in [1.807, 2.05) is 6.92 Å². The van der Waals surface area contributed by atoms with Crippen LogP contribution in [0.3, 0.4) is 0 Å². The maximum absolute atomic E-state index is 14.5. The Hall–Kier alpha value is -2.57. The first-order valence-corrected chi connectivity index (χ1v) is 24.6. The van der Waals surface area contributed by atoms with Crippen LogP contribution in [0, 0.1) is 28.1 Å². The lowest BCUT2D eigenvalue weighted by Crippen LogP contribution is -2.67. The van der Waals surface area contributed by atoms with E-state index in [4.69, 9.17) is 47.7 Å². The Morgan fingerprint density at radius 3 is 2.03 bits per heavy atom. The average molecular weight is 1020 g/mol. The SMILES string of the molecule is C=C1C[C@@]23CC[C@H]4[C@@](C)(CCC[C@@]4(C)C(=O)O[C@@H]4O[C@H](COC(=O)CC(=O)O)[C@@H](O)[C@H](O)[C@H]4O)[C@@H]2CCC1(O[C@@H]1O[C@H](CO)[C@@H](O)[C@H](O[C@@H]2O[C@H](CO)C[C@H](O)[C@H]2O)[C@H]1O[C@@H]1O[C@@H](C)[C@H](O)[C@@H](O)[C@H]1O)C3. The summed E-state index contributed by atoms with van der Waals surface area (Å²) >= 11 is 0. The summed E-state index contributed by atoms with van der Waals surface area (Å²) in [5, 5.41) is 127. The van der Waals surface area contributed by atoms with Crippen molar-refractivity contribution in [1.29, 1.82) is 0 Å². The molecule has 4 aliphatic carbocycles. The summed E-state index contributed by atoms with van der Waals surface area (Å²) in [5.41, 5.74) is -2.38. The van der Waals surface area contributed by atoms with E-state index in [9.17, 15) is 70.6 Å². The van der Waals surface area contributed by atoms with Crippen LogP contribution in [0.5, 0.6) is 0 Å². The summed E-state index contributed by atoms with van der Waals surface area (Å²) in [6.45, 7) is 7.96. The van der Waals surface area contributed by atoms with Gasteiger partial charge in [0.05, 0.1) is 42.5 Å². The Labute approximate surface area is 409 Å². The van der Waals surface area contributed by atoms with Crippen LogP contribution in [0.2, 0.25) is 0 Å². The zero-order chi connectivity index (χ0) is 51.7. The first-order valence-electron chi connectivity index (χ1n) is 24.6. The van der Waals surface area contributed by atoms with Crippen molar-refractivity contribution >= 4 is 17.9 Å². The average Bonchev–Trinajstić information content (AvgIpc) is 3.52. The Balaban J connectivity index is 1.03. The molecule has 2 bridgehead atoms. The van der Waals surface area contributed by atoms with Crippen molar-refractivity contribution in [2.75, 3.05) is 19.8 Å². The Kier molecular flexibility index (Phi) is 16.1. The molecule has 12 N–H and O–H groups in total. The zero-order valence-corrected chi connectivity index (χ0v) is 40.0. The highest BCUT2D eigenvalue weighted by Gasteiger charge is 2.69. The monoisotopic (exact) mass is 1020 g/mol. The molecule has 0 aromatic heterocycles. The molecule has 4 saturated heterocycles. The standard InChI is InChI=1S/C47H72O24/c1-19-14-46-10-6-25-44(3,8-5-9-45(25,4)43(62)70-41-36(61)34(59)31(56)24(67-41)17-63-28(53)13-27(51)52)26(46)7-11-47(19,18-46)71-42-38(69-40-35(60)33(58)29(54)20(2)64-40)37(32(57)23(16-49)66-42)68-39-30(55)22(50)12-21(15-48)65-39/h20-26,29-42,48-50,54-61H,1,5-18H2,2-4H3,(H,51,52)/t20-,21-,22-,23+,24+,25-,26-,29-,30+,31+,32+,33+,34-,35+,36+,37-,38+,39-,40-,41-,42-,44+,45+,46+,47?/m0/s1. The molecule has 8 aliphatic rings. The zero-order valence-electron chi connectivity index (χ0n) is 40.0. The molecule has 24 nitrogen and oxygen atoms in total.